The normalized spacial score (nSPS) is 10.1. The molecular formula is C13H25. The van der Waals surface area contributed by atoms with Gasteiger partial charge in [0.25, 0.3) is 0 Å². The molecule has 0 saturated heterocycles. The first-order valence-electron chi connectivity index (χ1n) is 5.72. The van der Waals surface area contributed by atoms with Crippen LogP contribution in [0.4, 0.5) is 0 Å². The summed E-state index contributed by atoms with van der Waals surface area (Å²) in [6.45, 7) is 6.59. The first-order chi connectivity index (χ1) is 6.27. The minimum absolute atomic E-state index is 1.16. The summed E-state index contributed by atoms with van der Waals surface area (Å²) in [5, 5.41) is 0. The first kappa shape index (κ1) is 12.7. The van der Waals surface area contributed by atoms with Crippen molar-refractivity contribution in [1.82, 2.24) is 0 Å². The Morgan fingerprint density at radius 3 is 2.31 bits per heavy atom. The third-order valence-corrected chi connectivity index (χ3v) is 2.20. The van der Waals surface area contributed by atoms with Crippen LogP contribution in [0.3, 0.4) is 0 Å². The van der Waals surface area contributed by atoms with Crippen molar-refractivity contribution in [3.8, 4) is 0 Å². The SMILES string of the molecule is CCCCCCC[CH]CC=C(C)C. The van der Waals surface area contributed by atoms with Crippen molar-refractivity contribution in [1.29, 1.82) is 0 Å². The Kier molecular flexibility index (Phi) is 9.63. The highest BCUT2D eigenvalue weighted by atomic mass is 14.0. The molecule has 0 aromatic heterocycles. The summed E-state index contributed by atoms with van der Waals surface area (Å²) in [5.74, 6) is 0. The van der Waals surface area contributed by atoms with Gasteiger partial charge in [-0.15, -0.1) is 0 Å². The molecule has 0 nitrogen and oxygen atoms in total. The average Bonchev–Trinajstić information content (AvgIpc) is 2.09. The lowest BCUT2D eigenvalue weighted by Gasteiger charge is -1.98. The van der Waals surface area contributed by atoms with E-state index < -0.39 is 0 Å². The summed E-state index contributed by atoms with van der Waals surface area (Å²) >= 11 is 0. The van der Waals surface area contributed by atoms with Gasteiger partial charge in [0.1, 0.15) is 0 Å². The van der Waals surface area contributed by atoms with Gasteiger partial charge in [-0.05, 0) is 33.1 Å². The van der Waals surface area contributed by atoms with Gasteiger partial charge in [-0.25, -0.2) is 0 Å². The summed E-state index contributed by atoms with van der Waals surface area (Å²) in [6, 6.07) is 0. The first-order valence-corrected chi connectivity index (χ1v) is 5.72. The van der Waals surface area contributed by atoms with Crippen LogP contribution in [0.2, 0.25) is 0 Å². The largest absolute Gasteiger partial charge is 0.0856 e. The molecule has 0 spiro atoms. The third-order valence-electron chi connectivity index (χ3n) is 2.20. The molecule has 0 aromatic rings. The van der Waals surface area contributed by atoms with Crippen LogP contribution in [0.25, 0.3) is 0 Å². The van der Waals surface area contributed by atoms with Gasteiger partial charge >= 0.3 is 0 Å². The fourth-order valence-corrected chi connectivity index (χ4v) is 1.33. The van der Waals surface area contributed by atoms with Crippen LogP contribution in [0, 0.1) is 6.42 Å². The van der Waals surface area contributed by atoms with E-state index in [1.165, 1.54) is 44.1 Å². The fourth-order valence-electron chi connectivity index (χ4n) is 1.33. The molecule has 0 fully saturated rings. The average molecular weight is 181 g/mol. The molecule has 13 heavy (non-hydrogen) atoms. The topological polar surface area (TPSA) is 0 Å². The minimum Gasteiger partial charge on any atom is -0.0856 e. The van der Waals surface area contributed by atoms with Gasteiger partial charge in [0.2, 0.25) is 0 Å². The van der Waals surface area contributed by atoms with E-state index in [9.17, 15) is 0 Å². The molecule has 0 saturated carbocycles. The molecule has 0 unspecified atom stereocenters. The zero-order valence-corrected chi connectivity index (χ0v) is 9.60. The van der Waals surface area contributed by atoms with E-state index in [1.807, 2.05) is 0 Å². The van der Waals surface area contributed by atoms with Crippen molar-refractivity contribution in [3.05, 3.63) is 18.1 Å². The summed E-state index contributed by atoms with van der Waals surface area (Å²) in [4.78, 5) is 0. The number of rotatable bonds is 8. The van der Waals surface area contributed by atoms with Crippen LogP contribution >= 0.6 is 0 Å². The smallest absolute Gasteiger partial charge is 0.0317 e. The van der Waals surface area contributed by atoms with Crippen molar-refractivity contribution < 1.29 is 0 Å². The molecule has 0 aliphatic carbocycles. The molecule has 1 radical (unpaired) electrons. The number of hydrogen-bond acceptors (Lipinski definition) is 0. The van der Waals surface area contributed by atoms with E-state index in [0.717, 1.165) is 6.42 Å². The van der Waals surface area contributed by atoms with E-state index in [0.29, 0.717) is 0 Å². The highest BCUT2D eigenvalue weighted by molar-refractivity contribution is 4.95. The molecule has 77 valence electrons. The second-order valence-electron chi connectivity index (χ2n) is 4.01. The molecule has 0 rings (SSSR count). The second kappa shape index (κ2) is 9.83. The molecular weight excluding hydrogens is 156 g/mol. The number of hydrogen-bond donors (Lipinski definition) is 0. The molecule has 0 aliphatic heterocycles. The molecule has 0 amide bonds. The fraction of sp³-hybridized carbons (Fsp3) is 0.769. The number of allylic oxidation sites excluding steroid dienone is 2. The van der Waals surface area contributed by atoms with E-state index in [1.54, 1.807) is 0 Å². The van der Waals surface area contributed by atoms with Crippen molar-refractivity contribution in [3.63, 3.8) is 0 Å². The predicted molar refractivity (Wildman–Crippen MR) is 61.7 cm³/mol. The van der Waals surface area contributed by atoms with Crippen LogP contribution < -0.4 is 0 Å². The van der Waals surface area contributed by atoms with Gasteiger partial charge in [-0.2, -0.15) is 0 Å². The van der Waals surface area contributed by atoms with E-state index >= 15 is 0 Å². The predicted octanol–water partition coefficient (Wildman–Crippen LogP) is 4.91. The zero-order chi connectivity index (χ0) is 9.94. The van der Waals surface area contributed by atoms with E-state index in [-0.39, 0.29) is 0 Å². The molecule has 0 atom stereocenters. The molecule has 0 aliphatic rings. The van der Waals surface area contributed by atoms with Gasteiger partial charge in [-0.1, -0.05) is 50.7 Å². The highest BCUT2D eigenvalue weighted by Gasteiger charge is 1.89. The van der Waals surface area contributed by atoms with Crippen LogP contribution in [-0.4, -0.2) is 0 Å². The van der Waals surface area contributed by atoms with Crippen molar-refractivity contribution in [2.75, 3.05) is 0 Å². The maximum atomic E-state index is 2.40. The third kappa shape index (κ3) is 11.7. The molecule has 0 bridgehead atoms. The standard InChI is InChI=1S/C13H25/c1-4-5-6-7-8-9-10-11-12-13(2)3/h10,12H,4-9,11H2,1-3H3. The summed E-state index contributed by atoms with van der Waals surface area (Å²) in [7, 11) is 0. The molecule has 0 N–H and O–H groups in total. The van der Waals surface area contributed by atoms with Gasteiger partial charge in [-0.3, -0.25) is 0 Å². The Morgan fingerprint density at radius 1 is 1.00 bits per heavy atom. The van der Waals surface area contributed by atoms with Crippen LogP contribution in [0.5, 0.6) is 0 Å². The highest BCUT2D eigenvalue weighted by Crippen LogP contribution is 2.08. The molecule has 0 heteroatoms. The lowest BCUT2D eigenvalue weighted by Crippen LogP contribution is -1.80. The van der Waals surface area contributed by atoms with Gasteiger partial charge in [0.05, 0.1) is 0 Å². The Balaban J connectivity index is 2.96. The molecule has 0 aromatic carbocycles. The zero-order valence-electron chi connectivity index (χ0n) is 9.60. The monoisotopic (exact) mass is 181 g/mol. The van der Waals surface area contributed by atoms with E-state index in [2.05, 4.69) is 33.3 Å². The molecule has 0 heterocycles. The van der Waals surface area contributed by atoms with Crippen LogP contribution in [0.15, 0.2) is 11.6 Å². The minimum atomic E-state index is 1.16. The van der Waals surface area contributed by atoms with Crippen molar-refractivity contribution >= 4 is 0 Å². The number of unbranched alkanes of at least 4 members (excludes halogenated alkanes) is 7. The van der Waals surface area contributed by atoms with Gasteiger partial charge < -0.3 is 0 Å². The summed E-state index contributed by atoms with van der Waals surface area (Å²) < 4.78 is 0. The van der Waals surface area contributed by atoms with Crippen molar-refractivity contribution in [2.45, 2.75) is 65.7 Å². The van der Waals surface area contributed by atoms with Crippen molar-refractivity contribution in [2.24, 2.45) is 0 Å². The quantitative estimate of drug-likeness (QED) is 0.369. The van der Waals surface area contributed by atoms with E-state index in [4.69, 9.17) is 0 Å². The van der Waals surface area contributed by atoms with Gasteiger partial charge in [0.15, 0.2) is 0 Å². The summed E-state index contributed by atoms with van der Waals surface area (Å²) in [5.41, 5.74) is 1.43. The lowest BCUT2D eigenvalue weighted by molar-refractivity contribution is 0.626. The van der Waals surface area contributed by atoms with Crippen LogP contribution in [-0.2, 0) is 0 Å². The maximum Gasteiger partial charge on any atom is -0.0317 e. The Morgan fingerprint density at radius 2 is 1.69 bits per heavy atom. The second-order valence-corrected chi connectivity index (χ2v) is 4.01. The Hall–Kier alpha value is -0.260. The lowest BCUT2D eigenvalue weighted by atomic mass is 10.1. The summed E-state index contributed by atoms with van der Waals surface area (Å²) in [6.07, 6.45) is 14.1. The Labute approximate surface area is 84.4 Å². The van der Waals surface area contributed by atoms with Crippen LogP contribution in [0.1, 0.15) is 65.7 Å². The van der Waals surface area contributed by atoms with Gasteiger partial charge in [0, 0.05) is 0 Å². The Bertz CT molecular complexity index is 118. The maximum absolute atomic E-state index is 2.40.